The molecule has 0 unspecified atom stereocenters. The molecule has 0 fully saturated rings. The summed E-state index contributed by atoms with van der Waals surface area (Å²) in [7, 11) is 1.69. The van der Waals surface area contributed by atoms with E-state index in [2.05, 4.69) is 10.2 Å². The molecule has 1 aromatic carbocycles. The Balaban J connectivity index is 1.99. The molecule has 0 saturated heterocycles. The van der Waals surface area contributed by atoms with Crippen LogP contribution in [0, 0.1) is 0 Å². The van der Waals surface area contributed by atoms with E-state index in [0.717, 1.165) is 6.42 Å². The first-order chi connectivity index (χ1) is 8.78. The number of hydrogen-bond donors (Lipinski definition) is 0. The highest BCUT2D eigenvalue weighted by molar-refractivity contribution is 6.29. The van der Waals surface area contributed by atoms with Crippen molar-refractivity contribution in [1.82, 2.24) is 10.2 Å². The Morgan fingerprint density at radius 2 is 1.83 bits per heavy atom. The summed E-state index contributed by atoms with van der Waals surface area (Å²) in [5.41, 5.74) is 1.20. The van der Waals surface area contributed by atoms with E-state index in [9.17, 15) is 0 Å². The van der Waals surface area contributed by atoms with Gasteiger partial charge in [0.2, 0.25) is 5.88 Å². The number of hydrogen-bond acceptors (Lipinski definition) is 4. The summed E-state index contributed by atoms with van der Waals surface area (Å²) in [6.45, 7) is 0.711. The highest BCUT2D eigenvalue weighted by atomic mass is 35.5. The third kappa shape index (κ3) is 3.68. The Hall–Kier alpha value is -1.65. The fourth-order valence-electron chi connectivity index (χ4n) is 1.42. The van der Waals surface area contributed by atoms with Crippen LogP contribution >= 0.6 is 11.6 Å². The molecule has 5 heteroatoms. The van der Waals surface area contributed by atoms with Gasteiger partial charge in [0.25, 0.3) is 0 Å². The molecule has 0 saturated carbocycles. The normalized spacial score (nSPS) is 10.3. The number of aromatic nitrogens is 2. The predicted molar refractivity (Wildman–Crippen MR) is 69.1 cm³/mol. The molecule has 2 rings (SSSR count). The van der Waals surface area contributed by atoms with Gasteiger partial charge in [-0.25, -0.2) is 0 Å². The second kappa shape index (κ2) is 6.33. The van der Waals surface area contributed by atoms with Crippen LogP contribution in [0.5, 0.6) is 11.6 Å². The van der Waals surface area contributed by atoms with Crippen LogP contribution in [-0.4, -0.2) is 23.9 Å². The Morgan fingerprint density at radius 3 is 2.44 bits per heavy atom. The van der Waals surface area contributed by atoms with Gasteiger partial charge in [-0.3, -0.25) is 0 Å². The number of nitrogens with zero attached hydrogens (tertiary/aromatic N) is 2. The van der Waals surface area contributed by atoms with Crippen LogP contribution in [0.3, 0.4) is 0 Å². The summed E-state index contributed by atoms with van der Waals surface area (Å²) < 4.78 is 10.6. The van der Waals surface area contributed by atoms with Crippen LogP contribution in [0.25, 0.3) is 0 Å². The first-order valence-electron chi connectivity index (χ1n) is 5.53. The lowest BCUT2D eigenvalue weighted by atomic mass is 10.1. The molecule has 0 atom stereocenters. The van der Waals surface area contributed by atoms with Crippen molar-refractivity contribution >= 4 is 11.6 Å². The van der Waals surface area contributed by atoms with Gasteiger partial charge in [-0.15, -0.1) is 10.2 Å². The molecule has 1 heterocycles. The van der Waals surface area contributed by atoms with E-state index in [1.807, 2.05) is 24.3 Å². The smallest absolute Gasteiger partial charge is 0.238 e. The highest BCUT2D eigenvalue weighted by Gasteiger charge is 2.00. The zero-order chi connectivity index (χ0) is 12.8. The maximum absolute atomic E-state index is 5.64. The Kier molecular flexibility index (Phi) is 4.50. The molecule has 0 radical (unpaired) electrons. The molecular weight excluding hydrogens is 252 g/mol. The largest absolute Gasteiger partial charge is 0.438 e. The fraction of sp³-hybridized carbons (Fsp3) is 0.231. The molecule has 0 aliphatic heterocycles. The topological polar surface area (TPSA) is 44.2 Å². The van der Waals surface area contributed by atoms with E-state index in [4.69, 9.17) is 21.1 Å². The standard InChI is InChI=1S/C13H13ClN2O2/c1-17-9-8-10-2-4-11(5-3-10)18-13-7-6-12(14)15-16-13/h2-7H,8-9H2,1H3. The second-order valence-corrected chi connectivity index (χ2v) is 4.07. The van der Waals surface area contributed by atoms with Crippen LogP contribution < -0.4 is 4.74 Å². The monoisotopic (exact) mass is 264 g/mol. The molecule has 4 nitrogen and oxygen atoms in total. The molecule has 2 aromatic rings. The quantitative estimate of drug-likeness (QED) is 0.832. The molecule has 0 aliphatic rings. The lowest BCUT2D eigenvalue weighted by molar-refractivity contribution is 0.202. The van der Waals surface area contributed by atoms with Crippen molar-refractivity contribution in [2.45, 2.75) is 6.42 Å². The lowest BCUT2D eigenvalue weighted by Gasteiger charge is -2.05. The maximum atomic E-state index is 5.64. The Morgan fingerprint density at radius 1 is 1.06 bits per heavy atom. The minimum Gasteiger partial charge on any atom is -0.438 e. The van der Waals surface area contributed by atoms with Gasteiger partial charge in [0.1, 0.15) is 5.75 Å². The first-order valence-corrected chi connectivity index (χ1v) is 5.90. The lowest BCUT2D eigenvalue weighted by Crippen LogP contribution is -1.94. The SMILES string of the molecule is COCCc1ccc(Oc2ccc(Cl)nn2)cc1. The van der Waals surface area contributed by atoms with Gasteiger partial charge in [0.15, 0.2) is 5.15 Å². The van der Waals surface area contributed by atoms with Crippen LogP contribution in [0.2, 0.25) is 5.15 Å². The molecule has 0 amide bonds. The van der Waals surface area contributed by atoms with Crippen molar-refractivity contribution in [1.29, 1.82) is 0 Å². The Labute approximate surface area is 111 Å². The van der Waals surface area contributed by atoms with Gasteiger partial charge in [-0.05, 0) is 30.2 Å². The number of benzene rings is 1. The third-order valence-corrected chi connectivity index (χ3v) is 2.55. The van der Waals surface area contributed by atoms with Crippen LogP contribution in [0.15, 0.2) is 36.4 Å². The van der Waals surface area contributed by atoms with Crippen molar-refractivity contribution in [3.05, 3.63) is 47.1 Å². The summed E-state index contributed by atoms with van der Waals surface area (Å²) in [6, 6.07) is 11.1. The van der Waals surface area contributed by atoms with Crippen LogP contribution in [0.1, 0.15) is 5.56 Å². The molecule has 0 N–H and O–H groups in total. The zero-order valence-electron chi connectivity index (χ0n) is 9.97. The van der Waals surface area contributed by atoms with Gasteiger partial charge in [0.05, 0.1) is 6.61 Å². The van der Waals surface area contributed by atoms with E-state index < -0.39 is 0 Å². The van der Waals surface area contributed by atoms with Gasteiger partial charge in [-0.2, -0.15) is 0 Å². The van der Waals surface area contributed by atoms with E-state index in [1.165, 1.54) is 5.56 Å². The molecule has 0 spiro atoms. The minimum absolute atomic E-state index is 0.345. The molecular formula is C13H13ClN2O2. The number of halogens is 1. The molecule has 0 aliphatic carbocycles. The summed E-state index contributed by atoms with van der Waals surface area (Å²) in [4.78, 5) is 0. The molecule has 1 aromatic heterocycles. The minimum atomic E-state index is 0.345. The van der Waals surface area contributed by atoms with Crippen molar-refractivity contribution in [3.8, 4) is 11.6 Å². The van der Waals surface area contributed by atoms with Crippen molar-refractivity contribution in [3.63, 3.8) is 0 Å². The Bertz CT molecular complexity index is 485. The van der Waals surface area contributed by atoms with Crippen molar-refractivity contribution in [2.24, 2.45) is 0 Å². The van der Waals surface area contributed by atoms with E-state index >= 15 is 0 Å². The highest BCUT2D eigenvalue weighted by Crippen LogP contribution is 2.20. The van der Waals surface area contributed by atoms with Gasteiger partial charge in [-0.1, -0.05) is 23.7 Å². The average Bonchev–Trinajstić information content (AvgIpc) is 2.41. The molecule has 0 bridgehead atoms. The van der Waals surface area contributed by atoms with Gasteiger partial charge in [0, 0.05) is 13.2 Å². The number of ether oxygens (including phenoxy) is 2. The van der Waals surface area contributed by atoms with E-state index in [-0.39, 0.29) is 0 Å². The van der Waals surface area contributed by atoms with Crippen LogP contribution in [0.4, 0.5) is 0 Å². The predicted octanol–water partition coefficient (Wildman–Crippen LogP) is 3.11. The van der Waals surface area contributed by atoms with Crippen LogP contribution in [-0.2, 0) is 11.2 Å². The fourth-order valence-corrected chi connectivity index (χ4v) is 1.52. The molecule has 18 heavy (non-hydrogen) atoms. The number of methoxy groups -OCH3 is 1. The van der Waals surface area contributed by atoms with Gasteiger partial charge < -0.3 is 9.47 Å². The van der Waals surface area contributed by atoms with Gasteiger partial charge >= 0.3 is 0 Å². The van der Waals surface area contributed by atoms with E-state index in [1.54, 1.807) is 19.2 Å². The van der Waals surface area contributed by atoms with Crippen molar-refractivity contribution in [2.75, 3.05) is 13.7 Å². The van der Waals surface area contributed by atoms with E-state index in [0.29, 0.717) is 23.4 Å². The first kappa shape index (κ1) is 12.8. The summed E-state index contributed by atoms with van der Waals surface area (Å²) in [5.74, 6) is 1.14. The summed E-state index contributed by atoms with van der Waals surface area (Å²) in [6.07, 6.45) is 0.886. The third-order valence-electron chi connectivity index (χ3n) is 2.35. The second-order valence-electron chi connectivity index (χ2n) is 3.68. The average molecular weight is 265 g/mol. The molecule has 94 valence electrons. The zero-order valence-corrected chi connectivity index (χ0v) is 10.7. The number of rotatable bonds is 5. The van der Waals surface area contributed by atoms with Crippen molar-refractivity contribution < 1.29 is 9.47 Å². The summed E-state index contributed by atoms with van der Waals surface area (Å²) in [5, 5.41) is 7.87. The summed E-state index contributed by atoms with van der Waals surface area (Å²) >= 11 is 5.64. The maximum Gasteiger partial charge on any atom is 0.238 e.